The molecular formula is C60H65Cl2N11O12. The van der Waals surface area contributed by atoms with Crippen molar-refractivity contribution in [2.45, 2.75) is 77.4 Å². The summed E-state index contributed by atoms with van der Waals surface area (Å²) in [6, 6.07) is 17.3. The van der Waals surface area contributed by atoms with Crippen molar-refractivity contribution in [3.05, 3.63) is 114 Å². The first-order valence-corrected chi connectivity index (χ1v) is 28.2. The number of nitrogens with zero attached hydrogens (tertiary/aromatic N) is 5. The van der Waals surface area contributed by atoms with E-state index >= 15 is 0 Å². The summed E-state index contributed by atoms with van der Waals surface area (Å²) in [6.07, 6.45) is 3.10. The molecule has 2 aliphatic rings. The van der Waals surface area contributed by atoms with Gasteiger partial charge in [0.1, 0.15) is 39.8 Å². The molecule has 0 spiro atoms. The Bertz CT molecular complexity index is 3890. The number of phenolic OH excluding ortho intramolecular Hbond substituents is 2. The average Bonchev–Trinajstić information content (AvgIpc) is 1.74. The van der Waals surface area contributed by atoms with Crippen molar-refractivity contribution in [2.75, 3.05) is 67.8 Å². The van der Waals surface area contributed by atoms with Crippen LogP contribution in [0.2, 0.25) is 0 Å². The van der Waals surface area contributed by atoms with Crippen LogP contribution in [0.3, 0.4) is 0 Å². The first kappa shape index (κ1) is 60.4. The van der Waals surface area contributed by atoms with Crippen LogP contribution in [-0.4, -0.2) is 114 Å². The third-order valence-electron chi connectivity index (χ3n) is 14.1. The first-order valence-electron chi connectivity index (χ1n) is 27.1. The minimum absolute atomic E-state index is 0.0680. The largest absolute Gasteiger partial charge is 0.507 e. The Balaban J connectivity index is 0.746. The van der Waals surface area contributed by atoms with Crippen molar-refractivity contribution < 1.29 is 58.0 Å². The lowest BCUT2D eigenvalue weighted by molar-refractivity contribution is -0.121. The lowest BCUT2D eigenvalue weighted by Gasteiger charge is -2.25. The fraction of sp³-hybridized carbons (Fsp3) is 0.333. The summed E-state index contributed by atoms with van der Waals surface area (Å²) in [5.41, 5.74) is 3.07. The number of carbonyl (C=O) groups is 8. The van der Waals surface area contributed by atoms with Gasteiger partial charge in [-0.15, -0.1) is 23.2 Å². The van der Waals surface area contributed by atoms with E-state index in [2.05, 4.69) is 31.9 Å². The standard InChI is InChI=1S/C60H65Cl2N11O12/c1-59(2,3)84-57(82)72-27-32(24-62)52-38-12-10-33(16-41(38)48(75)22-43(52)72)64-49(76)14-15-50(77)66-35-18-45(70(8)28-35)55(80)68-37-20-46(71(9)30-37)56(81)67-36-19-44(69(7)29-36)54(79)63-25-51(78)65-34-11-13-39-42(17-34)47(74)21-40-31(23-61)26-73(53(39)40)58(83)85-60(4,5)6/h10-13,16-22,28-32,74-75H,14-15,23-27H2,1-9H3,(H,63,79)(H,64,76)(H,65,78)(H,66,77)(H,67,81)(H,68,80). The van der Waals surface area contributed by atoms with Crippen LogP contribution in [0.4, 0.5) is 49.4 Å². The van der Waals surface area contributed by atoms with Gasteiger partial charge in [0.2, 0.25) is 17.7 Å². The topological polar surface area (TPSA) is 289 Å². The number of hydrogen-bond donors (Lipinski definition) is 8. The normalized spacial score (nSPS) is 14.6. The lowest BCUT2D eigenvalue weighted by Crippen LogP contribution is -2.36. The summed E-state index contributed by atoms with van der Waals surface area (Å²) in [5, 5.41) is 40.5. The fourth-order valence-electron chi connectivity index (χ4n) is 10.4. The van der Waals surface area contributed by atoms with Crippen LogP contribution in [0, 0.1) is 0 Å². The van der Waals surface area contributed by atoms with Crippen LogP contribution < -0.4 is 41.7 Å². The maximum Gasteiger partial charge on any atom is 0.414 e. The number of benzene rings is 4. The molecule has 2 unspecified atom stereocenters. The molecule has 446 valence electrons. The Kier molecular flexibility index (Phi) is 16.9. The highest BCUT2D eigenvalue weighted by Crippen LogP contribution is 2.48. The molecule has 3 aromatic heterocycles. The highest BCUT2D eigenvalue weighted by molar-refractivity contribution is 6.20. The maximum absolute atomic E-state index is 13.5. The van der Waals surface area contributed by atoms with Gasteiger partial charge in [-0.25, -0.2) is 9.59 Å². The summed E-state index contributed by atoms with van der Waals surface area (Å²) >= 11 is 12.6. The van der Waals surface area contributed by atoms with Crippen molar-refractivity contribution in [2.24, 2.45) is 21.1 Å². The molecule has 0 aliphatic carbocycles. The smallest absolute Gasteiger partial charge is 0.414 e. The second kappa shape index (κ2) is 23.8. The van der Waals surface area contributed by atoms with Gasteiger partial charge in [-0.3, -0.25) is 38.6 Å². The van der Waals surface area contributed by atoms with E-state index in [-0.39, 0.29) is 89.5 Å². The number of anilines is 7. The summed E-state index contributed by atoms with van der Waals surface area (Å²) in [4.78, 5) is 109. The Morgan fingerprint density at radius 1 is 0.518 bits per heavy atom. The molecule has 0 fully saturated rings. The van der Waals surface area contributed by atoms with Crippen molar-refractivity contribution in [3.63, 3.8) is 0 Å². The summed E-state index contributed by atoms with van der Waals surface area (Å²) in [6.45, 7) is 10.7. The lowest BCUT2D eigenvalue weighted by atomic mass is 9.95. The second-order valence-corrected chi connectivity index (χ2v) is 23.6. The van der Waals surface area contributed by atoms with E-state index in [1.165, 1.54) is 66.4 Å². The molecule has 8 N–H and O–H groups in total. The van der Waals surface area contributed by atoms with Gasteiger partial charge in [0, 0.05) is 123 Å². The van der Waals surface area contributed by atoms with E-state index in [4.69, 9.17) is 32.7 Å². The van der Waals surface area contributed by atoms with Crippen LogP contribution >= 0.6 is 23.2 Å². The maximum atomic E-state index is 13.5. The van der Waals surface area contributed by atoms with Crippen LogP contribution in [-0.2, 0) is 45.0 Å². The number of halogens is 2. The van der Waals surface area contributed by atoms with Gasteiger partial charge >= 0.3 is 12.2 Å². The van der Waals surface area contributed by atoms with Gasteiger partial charge in [-0.1, -0.05) is 12.1 Å². The molecule has 0 bridgehead atoms. The van der Waals surface area contributed by atoms with Crippen LogP contribution in [0.5, 0.6) is 11.5 Å². The number of phenols is 2. The van der Waals surface area contributed by atoms with Crippen molar-refractivity contribution >= 4 is 132 Å². The molecule has 0 saturated heterocycles. The third-order valence-corrected chi connectivity index (χ3v) is 14.9. The van der Waals surface area contributed by atoms with Gasteiger partial charge in [-0.2, -0.15) is 0 Å². The fourth-order valence-corrected chi connectivity index (χ4v) is 10.9. The van der Waals surface area contributed by atoms with E-state index in [1.807, 2.05) is 0 Å². The van der Waals surface area contributed by atoms with Gasteiger partial charge in [0.25, 0.3) is 17.7 Å². The van der Waals surface area contributed by atoms with Crippen molar-refractivity contribution in [3.8, 4) is 11.5 Å². The number of amides is 8. The molecule has 0 saturated carbocycles. The number of aromatic nitrogens is 3. The number of fused-ring (bicyclic) bond motifs is 6. The molecule has 2 atom stereocenters. The summed E-state index contributed by atoms with van der Waals surface area (Å²) in [5.74, 6) is -3.46. The predicted molar refractivity (Wildman–Crippen MR) is 325 cm³/mol. The Labute approximate surface area is 498 Å². The zero-order valence-electron chi connectivity index (χ0n) is 48.2. The van der Waals surface area contributed by atoms with E-state index in [0.717, 1.165) is 5.56 Å². The summed E-state index contributed by atoms with van der Waals surface area (Å²) in [7, 11) is 4.81. The quantitative estimate of drug-likeness (QED) is 0.0445. The third kappa shape index (κ3) is 13.3. The number of aromatic hydroxyl groups is 2. The minimum atomic E-state index is -0.747. The number of aryl methyl sites for hydroxylation is 3. The van der Waals surface area contributed by atoms with Gasteiger partial charge < -0.3 is 65.3 Å². The van der Waals surface area contributed by atoms with Crippen LogP contribution in [0.15, 0.2) is 85.3 Å². The molecule has 2 aliphatic heterocycles. The molecule has 0 radical (unpaired) electrons. The summed E-state index contributed by atoms with van der Waals surface area (Å²) < 4.78 is 15.7. The van der Waals surface area contributed by atoms with Crippen LogP contribution in [0.25, 0.3) is 21.5 Å². The molecule has 5 heterocycles. The van der Waals surface area contributed by atoms with Gasteiger partial charge in [-0.05, 0) is 107 Å². The van der Waals surface area contributed by atoms with Gasteiger partial charge in [0.05, 0.1) is 35.0 Å². The molecule has 85 heavy (non-hydrogen) atoms. The molecule has 23 nitrogen and oxygen atoms in total. The SMILES string of the molecule is Cn1cc(NC(=O)c2cc(NC(=O)c3cc(NC(=O)CCC(=O)Nc4ccc5c6c(cc(O)c5c4)N(C(=O)OC(C)(C)C)CC6CCl)cn3C)cn2C)cc1C(=O)NCC(=O)Nc1ccc2c3c(cc(O)c2c1)C(CCl)CN3C(=O)OC(C)(C)C. The monoisotopic (exact) mass is 1200 g/mol. The Morgan fingerprint density at radius 2 is 0.953 bits per heavy atom. The van der Waals surface area contributed by atoms with Crippen molar-refractivity contribution in [1.29, 1.82) is 0 Å². The van der Waals surface area contributed by atoms with Crippen LogP contribution in [0.1, 0.15) is 109 Å². The number of ether oxygens (including phenoxy) is 2. The van der Waals surface area contributed by atoms with E-state index < -0.39 is 65.4 Å². The first-order chi connectivity index (χ1) is 40.1. The molecule has 7 aromatic rings. The number of hydrogen-bond acceptors (Lipinski definition) is 12. The van der Waals surface area contributed by atoms with Gasteiger partial charge in [0.15, 0.2) is 0 Å². The average molecular weight is 1200 g/mol. The number of carbonyl (C=O) groups excluding carboxylic acids is 8. The van der Waals surface area contributed by atoms with E-state index in [0.29, 0.717) is 55.5 Å². The minimum Gasteiger partial charge on any atom is -0.507 e. The number of alkyl halides is 2. The Morgan fingerprint density at radius 3 is 1.47 bits per heavy atom. The number of nitrogens with one attached hydrogen (secondary N) is 6. The molecule has 8 amide bonds. The zero-order chi connectivity index (χ0) is 61.6. The predicted octanol–water partition coefficient (Wildman–Crippen LogP) is 9.81. The number of rotatable bonds is 15. The Hall–Kier alpha value is -9.22. The molecular weight excluding hydrogens is 1140 g/mol. The highest BCUT2D eigenvalue weighted by Gasteiger charge is 2.39. The van der Waals surface area contributed by atoms with E-state index in [1.54, 1.807) is 105 Å². The molecule has 25 heteroatoms. The molecule has 9 rings (SSSR count). The van der Waals surface area contributed by atoms with E-state index in [9.17, 15) is 48.6 Å². The second-order valence-electron chi connectivity index (χ2n) is 23.0. The van der Waals surface area contributed by atoms with Crippen molar-refractivity contribution in [1.82, 2.24) is 19.0 Å². The molecule has 4 aromatic carbocycles. The highest BCUT2D eigenvalue weighted by atomic mass is 35.5. The zero-order valence-corrected chi connectivity index (χ0v) is 49.7.